The number of morpholine rings is 1. The van der Waals surface area contributed by atoms with Crippen LogP contribution in [-0.4, -0.2) is 42.3 Å². The maximum absolute atomic E-state index is 10.3. The number of hydrogen-bond acceptors (Lipinski definition) is 3. The quantitative estimate of drug-likeness (QED) is 0.607. The molecule has 1 fully saturated rings. The summed E-state index contributed by atoms with van der Waals surface area (Å²) in [6, 6.07) is 0. The van der Waals surface area contributed by atoms with Gasteiger partial charge in [0, 0.05) is 24.9 Å². The predicted molar refractivity (Wildman–Crippen MR) is 43.8 cm³/mol. The molecule has 1 saturated heterocycles. The standard InChI is InChI=1S/C8H13NO3/c1-7(6-8(10)11)9-2-4-12-5-3-9/h6H,2-5H2,1H3,(H,10,11). The molecule has 1 aliphatic rings. The van der Waals surface area contributed by atoms with Crippen LogP contribution in [-0.2, 0) is 9.53 Å². The molecule has 0 aromatic carbocycles. The molecule has 4 heteroatoms. The first-order valence-corrected chi connectivity index (χ1v) is 3.94. The molecule has 68 valence electrons. The van der Waals surface area contributed by atoms with Crippen LogP contribution in [0.4, 0.5) is 0 Å². The first-order valence-electron chi connectivity index (χ1n) is 3.94. The summed E-state index contributed by atoms with van der Waals surface area (Å²) in [5.74, 6) is -0.890. The van der Waals surface area contributed by atoms with Gasteiger partial charge in [-0.05, 0) is 6.92 Å². The van der Waals surface area contributed by atoms with Crippen LogP contribution in [0.1, 0.15) is 6.92 Å². The Morgan fingerprint density at radius 2 is 2.08 bits per heavy atom. The number of rotatable bonds is 2. The zero-order valence-electron chi connectivity index (χ0n) is 7.12. The maximum atomic E-state index is 10.3. The maximum Gasteiger partial charge on any atom is 0.330 e. The van der Waals surface area contributed by atoms with Gasteiger partial charge < -0.3 is 14.7 Å². The monoisotopic (exact) mass is 171 g/mol. The lowest BCUT2D eigenvalue weighted by Crippen LogP contribution is -2.35. The molecule has 0 aromatic rings. The van der Waals surface area contributed by atoms with Crippen molar-refractivity contribution in [3.8, 4) is 0 Å². The molecule has 12 heavy (non-hydrogen) atoms. The molecule has 4 nitrogen and oxygen atoms in total. The Labute approximate surface area is 71.4 Å². The summed E-state index contributed by atoms with van der Waals surface area (Å²) in [4.78, 5) is 12.3. The Balaban J connectivity index is 2.49. The van der Waals surface area contributed by atoms with Crippen LogP contribution in [0.2, 0.25) is 0 Å². The van der Waals surface area contributed by atoms with Gasteiger partial charge in [-0.1, -0.05) is 0 Å². The highest BCUT2D eigenvalue weighted by Gasteiger charge is 2.10. The van der Waals surface area contributed by atoms with Crippen LogP contribution < -0.4 is 0 Å². The fourth-order valence-electron chi connectivity index (χ4n) is 1.19. The van der Waals surface area contributed by atoms with Crippen molar-refractivity contribution < 1.29 is 14.6 Å². The molecule has 0 unspecified atom stereocenters. The molecule has 0 aromatic heterocycles. The van der Waals surface area contributed by atoms with Gasteiger partial charge in [-0.25, -0.2) is 4.79 Å². The smallest absolute Gasteiger partial charge is 0.330 e. The molecule has 0 bridgehead atoms. The molecule has 0 saturated carbocycles. The average Bonchev–Trinajstić information content (AvgIpc) is 2.05. The van der Waals surface area contributed by atoms with Crippen LogP contribution in [0.15, 0.2) is 11.8 Å². The van der Waals surface area contributed by atoms with Crippen molar-refractivity contribution in [3.63, 3.8) is 0 Å². The second-order valence-corrected chi connectivity index (χ2v) is 2.72. The topological polar surface area (TPSA) is 49.8 Å². The molecule has 0 amide bonds. The zero-order chi connectivity index (χ0) is 8.97. The van der Waals surface area contributed by atoms with E-state index < -0.39 is 5.97 Å². The van der Waals surface area contributed by atoms with E-state index in [9.17, 15) is 4.79 Å². The van der Waals surface area contributed by atoms with Gasteiger partial charge in [-0.15, -0.1) is 0 Å². The molecular weight excluding hydrogens is 158 g/mol. The summed E-state index contributed by atoms with van der Waals surface area (Å²) in [6.07, 6.45) is 1.23. The predicted octanol–water partition coefficient (Wildman–Crippen LogP) is 0.307. The number of carbonyl (C=O) groups is 1. The second kappa shape index (κ2) is 4.11. The Hall–Kier alpha value is -1.03. The molecule has 1 aliphatic heterocycles. The van der Waals surface area contributed by atoms with Gasteiger partial charge in [0.15, 0.2) is 0 Å². The number of carboxylic acids is 1. The van der Waals surface area contributed by atoms with Gasteiger partial charge in [0.2, 0.25) is 0 Å². The largest absolute Gasteiger partial charge is 0.478 e. The molecule has 0 aliphatic carbocycles. The third kappa shape index (κ3) is 2.54. The molecule has 0 atom stereocenters. The number of allylic oxidation sites excluding steroid dienone is 1. The molecule has 1 rings (SSSR count). The van der Waals surface area contributed by atoms with E-state index in [1.54, 1.807) is 6.92 Å². The van der Waals surface area contributed by atoms with Crippen LogP contribution in [0.5, 0.6) is 0 Å². The number of ether oxygens (including phenoxy) is 1. The van der Waals surface area contributed by atoms with Crippen molar-refractivity contribution in [2.24, 2.45) is 0 Å². The second-order valence-electron chi connectivity index (χ2n) is 2.72. The fraction of sp³-hybridized carbons (Fsp3) is 0.625. The SMILES string of the molecule is CC(=CC(=O)O)N1CCOCC1. The molecule has 1 N–H and O–H groups in total. The summed E-state index contributed by atoms with van der Waals surface area (Å²) in [6.45, 7) is 4.75. The van der Waals surface area contributed by atoms with E-state index in [1.165, 1.54) is 6.08 Å². The van der Waals surface area contributed by atoms with Crippen molar-refractivity contribution in [2.75, 3.05) is 26.3 Å². The summed E-state index contributed by atoms with van der Waals surface area (Å²) < 4.78 is 5.14. The Bertz CT molecular complexity index is 194. The van der Waals surface area contributed by atoms with Gasteiger partial charge >= 0.3 is 5.97 Å². The summed E-state index contributed by atoms with van der Waals surface area (Å²) in [5.41, 5.74) is 0.797. The van der Waals surface area contributed by atoms with Crippen LogP contribution >= 0.6 is 0 Å². The zero-order valence-corrected chi connectivity index (χ0v) is 7.12. The normalized spacial score (nSPS) is 19.4. The molecule has 0 spiro atoms. The van der Waals surface area contributed by atoms with Gasteiger partial charge in [0.1, 0.15) is 0 Å². The fourth-order valence-corrected chi connectivity index (χ4v) is 1.19. The van der Waals surface area contributed by atoms with E-state index in [-0.39, 0.29) is 0 Å². The average molecular weight is 171 g/mol. The van der Waals surface area contributed by atoms with Gasteiger partial charge in [0.05, 0.1) is 13.2 Å². The van der Waals surface area contributed by atoms with E-state index in [2.05, 4.69) is 0 Å². The highest BCUT2D eigenvalue weighted by Crippen LogP contribution is 2.05. The van der Waals surface area contributed by atoms with E-state index in [4.69, 9.17) is 9.84 Å². The first-order chi connectivity index (χ1) is 5.70. The number of aliphatic carboxylic acids is 1. The van der Waals surface area contributed by atoms with Gasteiger partial charge in [0.25, 0.3) is 0 Å². The Morgan fingerprint density at radius 1 is 1.50 bits per heavy atom. The third-order valence-corrected chi connectivity index (χ3v) is 1.84. The third-order valence-electron chi connectivity index (χ3n) is 1.84. The van der Waals surface area contributed by atoms with E-state index in [1.807, 2.05) is 4.90 Å². The highest BCUT2D eigenvalue weighted by molar-refractivity contribution is 5.80. The minimum Gasteiger partial charge on any atom is -0.478 e. The summed E-state index contributed by atoms with van der Waals surface area (Å²) in [7, 11) is 0. The van der Waals surface area contributed by atoms with Gasteiger partial charge in [-0.2, -0.15) is 0 Å². The lowest BCUT2D eigenvalue weighted by Gasteiger charge is -2.28. The van der Waals surface area contributed by atoms with Crippen molar-refractivity contribution >= 4 is 5.97 Å². The summed E-state index contributed by atoms with van der Waals surface area (Å²) >= 11 is 0. The van der Waals surface area contributed by atoms with Crippen molar-refractivity contribution in [3.05, 3.63) is 11.8 Å². The Morgan fingerprint density at radius 3 is 2.58 bits per heavy atom. The minimum atomic E-state index is -0.890. The lowest BCUT2D eigenvalue weighted by molar-refractivity contribution is -0.131. The van der Waals surface area contributed by atoms with Crippen molar-refractivity contribution in [1.82, 2.24) is 4.90 Å². The van der Waals surface area contributed by atoms with E-state index >= 15 is 0 Å². The first kappa shape index (κ1) is 9.06. The van der Waals surface area contributed by atoms with Crippen molar-refractivity contribution in [1.29, 1.82) is 0 Å². The van der Waals surface area contributed by atoms with Crippen molar-refractivity contribution in [2.45, 2.75) is 6.92 Å². The lowest BCUT2D eigenvalue weighted by atomic mass is 10.3. The number of hydrogen-bond donors (Lipinski definition) is 1. The number of carboxylic acid groups (broad SMARTS) is 1. The number of nitrogens with zero attached hydrogens (tertiary/aromatic N) is 1. The minimum absolute atomic E-state index is 0.685. The van der Waals surface area contributed by atoms with E-state index in [0.29, 0.717) is 13.2 Å². The molecular formula is C8H13NO3. The van der Waals surface area contributed by atoms with E-state index in [0.717, 1.165) is 18.8 Å². The highest BCUT2D eigenvalue weighted by atomic mass is 16.5. The molecule has 1 heterocycles. The van der Waals surface area contributed by atoms with Gasteiger partial charge in [-0.3, -0.25) is 0 Å². The summed E-state index contributed by atoms with van der Waals surface area (Å²) in [5, 5.41) is 8.48. The molecule has 0 radical (unpaired) electrons. The Kier molecular flexibility index (Phi) is 3.10. The van der Waals surface area contributed by atoms with Crippen LogP contribution in [0, 0.1) is 0 Å². The van der Waals surface area contributed by atoms with Crippen LogP contribution in [0.3, 0.4) is 0 Å². The van der Waals surface area contributed by atoms with Crippen LogP contribution in [0.25, 0.3) is 0 Å².